The van der Waals surface area contributed by atoms with Crippen molar-refractivity contribution in [2.45, 2.75) is 19.9 Å². The van der Waals surface area contributed by atoms with E-state index in [1.165, 1.54) is 28.9 Å². The van der Waals surface area contributed by atoms with Gasteiger partial charge in [0.05, 0.1) is 22.3 Å². The van der Waals surface area contributed by atoms with Crippen LogP contribution in [0.4, 0.5) is 4.39 Å². The number of hydrogen-bond acceptors (Lipinski definition) is 4. The number of rotatable bonds is 6. The van der Waals surface area contributed by atoms with Crippen LogP contribution >= 0.6 is 11.6 Å². The van der Waals surface area contributed by atoms with Crippen LogP contribution in [0.15, 0.2) is 42.5 Å². The van der Waals surface area contributed by atoms with Crippen molar-refractivity contribution in [3.05, 3.63) is 75.7 Å². The van der Waals surface area contributed by atoms with E-state index in [1.54, 1.807) is 33.0 Å². The summed E-state index contributed by atoms with van der Waals surface area (Å²) in [5.41, 5.74) is 1.55. The first kappa shape index (κ1) is 21.3. The van der Waals surface area contributed by atoms with Crippen LogP contribution in [0, 0.1) is 12.7 Å². The van der Waals surface area contributed by atoms with Crippen LogP contribution in [-0.2, 0) is 7.05 Å². The molecule has 9 heteroatoms. The van der Waals surface area contributed by atoms with E-state index in [0.29, 0.717) is 5.69 Å². The first-order chi connectivity index (χ1) is 14.2. The number of nitrogens with one attached hydrogen (secondary N) is 1. The number of carboxylic acid groups (broad SMARTS) is 1. The van der Waals surface area contributed by atoms with Gasteiger partial charge in [0, 0.05) is 7.05 Å². The molecule has 0 spiro atoms. The van der Waals surface area contributed by atoms with Crippen molar-refractivity contribution in [2.75, 3.05) is 0 Å². The molecule has 1 amide bonds. The summed E-state index contributed by atoms with van der Waals surface area (Å²) in [6, 6.07) is 9.51. The summed E-state index contributed by atoms with van der Waals surface area (Å²) in [5, 5.41) is 16.2. The monoisotopic (exact) mass is 431 g/mol. The minimum Gasteiger partial charge on any atom is -0.478 e. The molecule has 156 valence electrons. The van der Waals surface area contributed by atoms with Gasteiger partial charge in [0.15, 0.2) is 0 Å². The van der Waals surface area contributed by atoms with Crippen molar-refractivity contribution in [3.8, 4) is 11.6 Å². The lowest BCUT2D eigenvalue weighted by molar-refractivity contribution is 0.0696. The molecule has 1 aromatic heterocycles. The van der Waals surface area contributed by atoms with Crippen LogP contribution in [0.2, 0.25) is 5.02 Å². The summed E-state index contributed by atoms with van der Waals surface area (Å²) in [4.78, 5) is 23.9. The number of carbonyl (C=O) groups is 2. The molecule has 2 aromatic carbocycles. The second kappa shape index (κ2) is 8.54. The number of carboxylic acids is 1. The maximum atomic E-state index is 13.3. The van der Waals surface area contributed by atoms with Crippen molar-refractivity contribution < 1.29 is 23.8 Å². The van der Waals surface area contributed by atoms with Crippen LogP contribution in [-0.4, -0.2) is 26.8 Å². The van der Waals surface area contributed by atoms with Gasteiger partial charge in [0.25, 0.3) is 5.91 Å². The molecule has 1 heterocycles. The zero-order chi connectivity index (χ0) is 22.0. The molecule has 2 N–H and O–H groups in total. The van der Waals surface area contributed by atoms with Gasteiger partial charge in [-0.15, -0.1) is 0 Å². The first-order valence-electron chi connectivity index (χ1n) is 8.98. The molecule has 3 aromatic rings. The number of benzene rings is 2. The summed E-state index contributed by atoms with van der Waals surface area (Å²) in [6.45, 7) is 3.44. The van der Waals surface area contributed by atoms with Crippen molar-refractivity contribution in [1.82, 2.24) is 15.1 Å². The zero-order valence-corrected chi connectivity index (χ0v) is 17.2. The SMILES string of the molecule is Cc1nn(C)c(Oc2ccc(F)cc2Cl)c1C(=O)NC(C)c1ccc(C(=O)O)cc1. The Balaban J connectivity index is 1.84. The molecule has 0 saturated carbocycles. The molecule has 0 fully saturated rings. The van der Waals surface area contributed by atoms with Gasteiger partial charge in [-0.25, -0.2) is 13.9 Å². The third-order valence-corrected chi connectivity index (χ3v) is 4.80. The number of hydrogen-bond donors (Lipinski definition) is 2. The lowest BCUT2D eigenvalue weighted by Crippen LogP contribution is -2.27. The molecule has 30 heavy (non-hydrogen) atoms. The van der Waals surface area contributed by atoms with Gasteiger partial charge in [-0.3, -0.25) is 4.79 Å². The maximum Gasteiger partial charge on any atom is 0.335 e. The molecule has 7 nitrogen and oxygen atoms in total. The van der Waals surface area contributed by atoms with Gasteiger partial charge in [0.2, 0.25) is 5.88 Å². The highest BCUT2D eigenvalue weighted by Crippen LogP contribution is 2.33. The number of carbonyl (C=O) groups excluding carboxylic acids is 1. The Morgan fingerprint density at radius 1 is 1.23 bits per heavy atom. The molecule has 0 aliphatic rings. The number of nitrogens with zero attached hydrogens (tertiary/aromatic N) is 2. The highest BCUT2D eigenvalue weighted by Gasteiger charge is 2.24. The van der Waals surface area contributed by atoms with E-state index in [2.05, 4.69) is 10.4 Å². The molecule has 0 saturated heterocycles. The lowest BCUT2D eigenvalue weighted by atomic mass is 10.1. The van der Waals surface area contributed by atoms with Gasteiger partial charge in [-0.1, -0.05) is 23.7 Å². The Kier molecular flexibility index (Phi) is 6.07. The normalized spacial score (nSPS) is 11.8. The molecular formula is C21H19ClFN3O4. The van der Waals surface area contributed by atoms with Gasteiger partial charge >= 0.3 is 5.97 Å². The number of aryl methyl sites for hydroxylation is 2. The van der Waals surface area contributed by atoms with Crippen LogP contribution in [0.25, 0.3) is 0 Å². The molecule has 0 bridgehead atoms. The minimum absolute atomic E-state index is 0.0621. The van der Waals surface area contributed by atoms with Gasteiger partial charge in [-0.2, -0.15) is 5.10 Å². The van der Waals surface area contributed by atoms with Gasteiger partial charge in [-0.05, 0) is 49.7 Å². The van der Waals surface area contributed by atoms with Gasteiger partial charge in [0.1, 0.15) is 17.1 Å². The average molecular weight is 432 g/mol. The van der Waals surface area contributed by atoms with Crippen molar-refractivity contribution >= 4 is 23.5 Å². The van der Waals surface area contributed by atoms with Crippen molar-refractivity contribution in [2.24, 2.45) is 7.05 Å². The fourth-order valence-corrected chi connectivity index (χ4v) is 3.15. The smallest absolute Gasteiger partial charge is 0.335 e. The highest BCUT2D eigenvalue weighted by molar-refractivity contribution is 6.32. The topological polar surface area (TPSA) is 93.5 Å². The molecule has 1 unspecified atom stereocenters. The third-order valence-electron chi connectivity index (χ3n) is 4.50. The van der Waals surface area contributed by atoms with Crippen LogP contribution in [0.1, 0.15) is 44.9 Å². The fourth-order valence-electron chi connectivity index (χ4n) is 2.94. The van der Waals surface area contributed by atoms with Crippen molar-refractivity contribution in [3.63, 3.8) is 0 Å². The van der Waals surface area contributed by atoms with E-state index >= 15 is 0 Å². The van der Waals surface area contributed by atoms with E-state index < -0.39 is 23.7 Å². The number of halogens is 2. The quantitative estimate of drug-likeness (QED) is 0.599. The minimum atomic E-state index is -1.02. The third kappa shape index (κ3) is 4.44. The maximum absolute atomic E-state index is 13.3. The molecule has 3 rings (SSSR count). The van der Waals surface area contributed by atoms with E-state index in [1.807, 2.05) is 0 Å². The Morgan fingerprint density at radius 2 is 1.90 bits per heavy atom. The Hall–Kier alpha value is -3.39. The summed E-state index contributed by atoms with van der Waals surface area (Å²) < 4.78 is 20.5. The number of amides is 1. The second-order valence-electron chi connectivity index (χ2n) is 6.69. The predicted octanol–water partition coefficient (Wildman–Crippen LogP) is 4.50. The number of aromatic carboxylic acids is 1. The van der Waals surface area contributed by atoms with E-state index in [4.69, 9.17) is 21.4 Å². The van der Waals surface area contributed by atoms with E-state index in [9.17, 15) is 14.0 Å². The molecule has 0 aliphatic heterocycles. The molecule has 0 aliphatic carbocycles. The Morgan fingerprint density at radius 3 is 2.50 bits per heavy atom. The summed E-state index contributed by atoms with van der Waals surface area (Å²) in [6.07, 6.45) is 0. The van der Waals surface area contributed by atoms with Crippen LogP contribution in [0.5, 0.6) is 11.6 Å². The summed E-state index contributed by atoms with van der Waals surface area (Å²) in [7, 11) is 1.62. The fraction of sp³-hybridized carbons (Fsp3) is 0.190. The predicted molar refractivity (Wildman–Crippen MR) is 109 cm³/mol. The van der Waals surface area contributed by atoms with Crippen LogP contribution in [0.3, 0.4) is 0 Å². The first-order valence-corrected chi connectivity index (χ1v) is 9.35. The zero-order valence-electron chi connectivity index (χ0n) is 16.4. The number of ether oxygens (including phenoxy) is 1. The number of aromatic nitrogens is 2. The molecule has 0 radical (unpaired) electrons. The van der Waals surface area contributed by atoms with E-state index in [-0.39, 0.29) is 27.8 Å². The summed E-state index contributed by atoms with van der Waals surface area (Å²) in [5.74, 6) is -1.61. The van der Waals surface area contributed by atoms with E-state index in [0.717, 1.165) is 11.6 Å². The van der Waals surface area contributed by atoms with Gasteiger partial charge < -0.3 is 15.2 Å². The van der Waals surface area contributed by atoms with Crippen LogP contribution < -0.4 is 10.1 Å². The highest BCUT2D eigenvalue weighted by atomic mass is 35.5. The molecular weight excluding hydrogens is 413 g/mol. The average Bonchev–Trinajstić information content (AvgIpc) is 2.97. The Labute approximate surface area is 177 Å². The Bertz CT molecular complexity index is 1110. The second-order valence-corrected chi connectivity index (χ2v) is 7.10. The largest absolute Gasteiger partial charge is 0.478 e. The molecule has 1 atom stereocenters. The summed E-state index contributed by atoms with van der Waals surface area (Å²) >= 11 is 6.03. The lowest BCUT2D eigenvalue weighted by Gasteiger charge is -2.15. The van der Waals surface area contributed by atoms with Crippen molar-refractivity contribution in [1.29, 1.82) is 0 Å². The standard InChI is InChI=1S/C21H19ClFN3O4/c1-11(13-4-6-14(7-5-13)21(28)29)24-19(27)18-12(2)25-26(3)20(18)30-17-9-8-15(23)10-16(17)22/h4-11H,1-3H3,(H,24,27)(H,28,29).